The molecule has 0 radical (unpaired) electrons. The number of aliphatic hydroxyl groups is 1. The fourth-order valence-electron chi connectivity index (χ4n) is 2.26. The van der Waals surface area contributed by atoms with Crippen molar-refractivity contribution in [1.82, 2.24) is 15.5 Å². The van der Waals surface area contributed by atoms with Gasteiger partial charge in [-0.2, -0.15) is 5.10 Å². The predicted molar refractivity (Wildman–Crippen MR) is 76.6 cm³/mol. The number of hydrogen-bond acceptors (Lipinski definition) is 3. The summed E-state index contributed by atoms with van der Waals surface area (Å²) in [5.74, 6) is -1.24. The average Bonchev–Trinajstić information content (AvgIpc) is 2.91. The molecule has 0 saturated carbocycles. The van der Waals surface area contributed by atoms with Gasteiger partial charge in [0.1, 0.15) is 11.6 Å². The second kappa shape index (κ2) is 7.28. The van der Waals surface area contributed by atoms with Crippen molar-refractivity contribution in [2.75, 3.05) is 6.61 Å². The second-order valence-corrected chi connectivity index (χ2v) is 4.87. The number of rotatable bonds is 7. The summed E-state index contributed by atoms with van der Waals surface area (Å²) in [4.78, 5) is 0. The number of benzene rings is 1. The fraction of sp³-hybridized carbons (Fsp3) is 0.400. The molecule has 6 heteroatoms. The van der Waals surface area contributed by atoms with Gasteiger partial charge in [-0.3, -0.25) is 5.10 Å². The molecule has 0 spiro atoms. The zero-order chi connectivity index (χ0) is 15.2. The lowest BCUT2D eigenvalue weighted by molar-refractivity contribution is 0.262. The highest BCUT2D eigenvalue weighted by atomic mass is 19.1. The van der Waals surface area contributed by atoms with Gasteiger partial charge in [0, 0.05) is 24.8 Å². The molecular formula is C15H19F2N3O. The third kappa shape index (κ3) is 3.65. The van der Waals surface area contributed by atoms with Crippen LogP contribution in [-0.4, -0.2) is 28.0 Å². The summed E-state index contributed by atoms with van der Waals surface area (Å²) in [6, 6.07) is 3.92. The lowest BCUT2D eigenvalue weighted by Crippen LogP contribution is -2.28. The van der Waals surface area contributed by atoms with Crippen molar-refractivity contribution in [3.05, 3.63) is 41.6 Å². The van der Waals surface area contributed by atoms with E-state index in [9.17, 15) is 8.78 Å². The Kier molecular flexibility index (Phi) is 5.41. The van der Waals surface area contributed by atoms with Gasteiger partial charge in [0.2, 0.25) is 0 Å². The number of aromatic nitrogens is 2. The highest BCUT2D eigenvalue weighted by molar-refractivity contribution is 5.64. The molecule has 0 aliphatic carbocycles. The number of aromatic amines is 1. The molecule has 0 amide bonds. The number of H-pyrrole nitrogens is 1. The first kappa shape index (κ1) is 15.6. The summed E-state index contributed by atoms with van der Waals surface area (Å²) in [5, 5.41) is 18.8. The zero-order valence-corrected chi connectivity index (χ0v) is 11.9. The molecule has 2 rings (SSSR count). The lowest BCUT2D eigenvalue weighted by Gasteiger charge is -2.15. The van der Waals surface area contributed by atoms with Gasteiger partial charge in [0.25, 0.3) is 0 Å². The molecule has 4 nitrogen and oxygen atoms in total. The minimum absolute atomic E-state index is 0.0954. The quantitative estimate of drug-likeness (QED) is 0.736. The Morgan fingerprint density at radius 2 is 2.05 bits per heavy atom. The van der Waals surface area contributed by atoms with E-state index >= 15 is 0 Å². The largest absolute Gasteiger partial charge is 0.396 e. The topological polar surface area (TPSA) is 60.9 Å². The maximum Gasteiger partial charge on any atom is 0.135 e. The standard InChI is InChI=1S/C15H19F2N3O/c1-2-11(6-7-21)18-8-10-9-19-20-15(10)14-12(16)4-3-5-13(14)17/h3-5,9,11,18,21H,2,6-8H2,1H3,(H,19,20). The SMILES string of the molecule is CCC(CCO)NCc1cn[nH]c1-c1c(F)cccc1F. The number of hydrogen-bond donors (Lipinski definition) is 3. The van der Waals surface area contributed by atoms with Crippen LogP contribution < -0.4 is 5.32 Å². The van der Waals surface area contributed by atoms with E-state index in [1.165, 1.54) is 18.2 Å². The summed E-state index contributed by atoms with van der Waals surface area (Å²) in [6.45, 7) is 2.55. The molecule has 0 fully saturated rings. The van der Waals surface area contributed by atoms with E-state index < -0.39 is 11.6 Å². The van der Waals surface area contributed by atoms with Crippen LogP contribution in [0.2, 0.25) is 0 Å². The Morgan fingerprint density at radius 3 is 2.67 bits per heavy atom. The molecule has 1 atom stereocenters. The van der Waals surface area contributed by atoms with Crippen molar-refractivity contribution in [2.45, 2.75) is 32.4 Å². The predicted octanol–water partition coefficient (Wildman–Crippen LogP) is 2.61. The summed E-state index contributed by atoms with van der Waals surface area (Å²) < 4.78 is 27.7. The first-order valence-electron chi connectivity index (χ1n) is 6.98. The summed E-state index contributed by atoms with van der Waals surface area (Å²) in [5.41, 5.74) is 0.939. The third-order valence-corrected chi connectivity index (χ3v) is 3.48. The van der Waals surface area contributed by atoms with Gasteiger partial charge < -0.3 is 10.4 Å². The number of nitrogens with zero attached hydrogens (tertiary/aromatic N) is 1. The van der Waals surface area contributed by atoms with Crippen LogP contribution >= 0.6 is 0 Å². The van der Waals surface area contributed by atoms with E-state index in [1.807, 2.05) is 6.92 Å². The number of nitrogens with one attached hydrogen (secondary N) is 2. The van der Waals surface area contributed by atoms with Gasteiger partial charge in [-0.15, -0.1) is 0 Å². The van der Waals surface area contributed by atoms with E-state index in [1.54, 1.807) is 6.20 Å². The van der Waals surface area contributed by atoms with Gasteiger partial charge in [0.15, 0.2) is 0 Å². The van der Waals surface area contributed by atoms with Gasteiger partial charge >= 0.3 is 0 Å². The summed E-state index contributed by atoms with van der Waals surface area (Å²) >= 11 is 0. The van der Waals surface area contributed by atoms with Gasteiger partial charge in [0.05, 0.1) is 17.5 Å². The Bertz CT molecular complexity index is 566. The van der Waals surface area contributed by atoms with Crippen LogP contribution in [0.4, 0.5) is 8.78 Å². The molecule has 1 aromatic heterocycles. The molecule has 1 unspecified atom stereocenters. The highest BCUT2D eigenvalue weighted by Gasteiger charge is 2.17. The molecule has 1 heterocycles. The minimum atomic E-state index is -0.622. The normalized spacial score (nSPS) is 12.6. The smallest absolute Gasteiger partial charge is 0.135 e. The number of aliphatic hydroxyl groups excluding tert-OH is 1. The second-order valence-electron chi connectivity index (χ2n) is 4.87. The third-order valence-electron chi connectivity index (χ3n) is 3.48. The van der Waals surface area contributed by atoms with E-state index in [0.29, 0.717) is 24.2 Å². The molecular weight excluding hydrogens is 276 g/mol. The average molecular weight is 295 g/mol. The van der Waals surface area contributed by atoms with Crippen molar-refractivity contribution < 1.29 is 13.9 Å². The van der Waals surface area contributed by atoms with E-state index in [2.05, 4.69) is 15.5 Å². The molecule has 1 aromatic carbocycles. The fourth-order valence-corrected chi connectivity index (χ4v) is 2.26. The maximum atomic E-state index is 13.8. The molecule has 21 heavy (non-hydrogen) atoms. The van der Waals surface area contributed by atoms with Crippen LogP contribution in [-0.2, 0) is 6.54 Å². The van der Waals surface area contributed by atoms with Crippen molar-refractivity contribution in [3.8, 4) is 11.3 Å². The number of halogens is 2. The Labute approximate surface area is 122 Å². The monoisotopic (exact) mass is 295 g/mol. The van der Waals surface area contributed by atoms with Crippen LogP contribution in [0.3, 0.4) is 0 Å². The molecule has 3 N–H and O–H groups in total. The van der Waals surface area contributed by atoms with Gasteiger partial charge in [-0.1, -0.05) is 13.0 Å². The lowest BCUT2D eigenvalue weighted by atomic mass is 10.1. The van der Waals surface area contributed by atoms with E-state index in [4.69, 9.17) is 5.11 Å². The van der Waals surface area contributed by atoms with E-state index in [0.717, 1.165) is 6.42 Å². The molecule has 114 valence electrons. The van der Waals surface area contributed by atoms with Crippen LogP contribution in [0.25, 0.3) is 11.3 Å². The van der Waals surface area contributed by atoms with Crippen LogP contribution in [0.15, 0.2) is 24.4 Å². The Balaban J connectivity index is 2.19. The van der Waals surface area contributed by atoms with Crippen molar-refractivity contribution in [1.29, 1.82) is 0 Å². The molecule has 0 aliphatic heterocycles. The van der Waals surface area contributed by atoms with E-state index in [-0.39, 0.29) is 18.2 Å². The molecule has 0 saturated heterocycles. The van der Waals surface area contributed by atoms with Crippen molar-refractivity contribution in [3.63, 3.8) is 0 Å². The van der Waals surface area contributed by atoms with Crippen LogP contribution in [0, 0.1) is 11.6 Å². The van der Waals surface area contributed by atoms with Gasteiger partial charge in [-0.25, -0.2) is 8.78 Å². The van der Waals surface area contributed by atoms with Crippen LogP contribution in [0.1, 0.15) is 25.3 Å². The Hall–Kier alpha value is -1.79. The highest BCUT2D eigenvalue weighted by Crippen LogP contribution is 2.27. The Morgan fingerprint density at radius 1 is 1.33 bits per heavy atom. The molecule has 2 aromatic rings. The zero-order valence-electron chi connectivity index (χ0n) is 11.9. The summed E-state index contributed by atoms with van der Waals surface area (Å²) in [7, 11) is 0. The first-order chi connectivity index (χ1) is 10.2. The van der Waals surface area contributed by atoms with Crippen molar-refractivity contribution in [2.24, 2.45) is 0 Å². The first-order valence-corrected chi connectivity index (χ1v) is 6.98. The summed E-state index contributed by atoms with van der Waals surface area (Å²) in [6.07, 6.45) is 3.05. The molecule has 0 aliphatic rings. The minimum Gasteiger partial charge on any atom is -0.396 e. The van der Waals surface area contributed by atoms with Crippen molar-refractivity contribution >= 4 is 0 Å². The maximum absolute atomic E-state index is 13.8. The van der Waals surface area contributed by atoms with Gasteiger partial charge in [-0.05, 0) is 25.0 Å². The molecule has 0 bridgehead atoms. The van der Waals surface area contributed by atoms with Crippen LogP contribution in [0.5, 0.6) is 0 Å².